The van der Waals surface area contributed by atoms with Crippen LogP contribution in [0.15, 0.2) is 48.7 Å². The summed E-state index contributed by atoms with van der Waals surface area (Å²) in [4.78, 5) is 20.8. The largest absolute Gasteiger partial charge is 0.337 e. The van der Waals surface area contributed by atoms with Crippen LogP contribution in [-0.2, 0) is 6.54 Å². The van der Waals surface area contributed by atoms with Gasteiger partial charge in [0.25, 0.3) is 5.91 Å². The van der Waals surface area contributed by atoms with Gasteiger partial charge in [0, 0.05) is 44.5 Å². The number of hydrogen-bond donors (Lipinski definition) is 0. The molecule has 23 heavy (non-hydrogen) atoms. The molecule has 1 saturated heterocycles. The molecule has 0 spiro atoms. The van der Waals surface area contributed by atoms with E-state index in [4.69, 9.17) is 11.6 Å². The molecular formula is C18H20ClN3O. The Morgan fingerprint density at radius 1 is 1.09 bits per heavy atom. The van der Waals surface area contributed by atoms with Gasteiger partial charge in [0.1, 0.15) is 5.15 Å². The second-order valence-electron chi connectivity index (χ2n) is 5.77. The minimum atomic E-state index is 0.0378. The van der Waals surface area contributed by atoms with E-state index in [2.05, 4.69) is 34.1 Å². The Kier molecular flexibility index (Phi) is 5.26. The topological polar surface area (TPSA) is 36.4 Å². The van der Waals surface area contributed by atoms with E-state index in [1.54, 1.807) is 18.3 Å². The van der Waals surface area contributed by atoms with Crippen LogP contribution in [0.3, 0.4) is 0 Å². The Balaban J connectivity index is 1.61. The van der Waals surface area contributed by atoms with Gasteiger partial charge in [-0.05, 0) is 24.1 Å². The molecule has 120 valence electrons. The average Bonchev–Trinajstić information content (AvgIpc) is 2.81. The van der Waals surface area contributed by atoms with Crippen LogP contribution < -0.4 is 0 Å². The number of pyridine rings is 1. The number of rotatable bonds is 3. The molecule has 1 aliphatic rings. The van der Waals surface area contributed by atoms with Gasteiger partial charge in [0.15, 0.2) is 0 Å². The molecule has 1 amide bonds. The van der Waals surface area contributed by atoms with Crippen molar-refractivity contribution in [2.45, 2.75) is 13.0 Å². The highest BCUT2D eigenvalue weighted by Crippen LogP contribution is 2.13. The van der Waals surface area contributed by atoms with Crippen LogP contribution in [0.4, 0.5) is 0 Å². The van der Waals surface area contributed by atoms with Crippen LogP contribution in [0.2, 0.25) is 5.15 Å². The van der Waals surface area contributed by atoms with E-state index in [0.717, 1.165) is 39.1 Å². The number of carbonyl (C=O) groups is 1. The molecule has 3 rings (SSSR count). The first-order valence-corrected chi connectivity index (χ1v) is 8.27. The van der Waals surface area contributed by atoms with Crippen LogP contribution in [0.1, 0.15) is 22.3 Å². The number of amides is 1. The predicted octanol–water partition coefficient (Wildman–Crippen LogP) is 3.08. The van der Waals surface area contributed by atoms with E-state index in [-0.39, 0.29) is 5.91 Å². The lowest BCUT2D eigenvalue weighted by atomic mass is 10.2. The second kappa shape index (κ2) is 7.57. The first kappa shape index (κ1) is 16.0. The number of halogens is 1. The van der Waals surface area contributed by atoms with Crippen LogP contribution in [0.25, 0.3) is 0 Å². The second-order valence-corrected chi connectivity index (χ2v) is 6.16. The molecule has 1 aromatic carbocycles. The Labute approximate surface area is 141 Å². The summed E-state index contributed by atoms with van der Waals surface area (Å²) < 4.78 is 0. The molecule has 4 nitrogen and oxygen atoms in total. The van der Waals surface area contributed by atoms with Crippen molar-refractivity contribution in [3.63, 3.8) is 0 Å². The van der Waals surface area contributed by atoms with E-state index in [0.29, 0.717) is 10.7 Å². The third-order valence-corrected chi connectivity index (χ3v) is 4.30. The number of benzene rings is 1. The van der Waals surface area contributed by atoms with Crippen molar-refractivity contribution >= 4 is 17.5 Å². The first-order valence-electron chi connectivity index (χ1n) is 7.89. The van der Waals surface area contributed by atoms with Crippen LogP contribution in [0, 0.1) is 0 Å². The third kappa shape index (κ3) is 4.30. The van der Waals surface area contributed by atoms with Crippen LogP contribution >= 0.6 is 11.6 Å². The number of hydrogen-bond acceptors (Lipinski definition) is 3. The maximum atomic E-state index is 12.6. The lowest BCUT2D eigenvalue weighted by Gasteiger charge is -2.22. The van der Waals surface area contributed by atoms with Crippen molar-refractivity contribution in [2.24, 2.45) is 0 Å². The Bertz CT molecular complexity index is 662. The van der Waals surface area contributed by atoms with Gasteiger partial charge in [-0.2, -0.15) is 0 Å². The average molecular weight is 330 g/mol. The van der Waals surface area contributed by atoms with E-state index >= 15 is 0 Å². The Morgan fingerprint density at radius 3 is 2.70 bits per heavy atom. The highest BCUT2D eigenvalue weighted by Gasteiger charge is 2.20. The lowest BCUT2D eigenvalue weighted by Crippen LogP contribution is -2.35. The van der Waals surface area contributed by atoms with Crippen molar-refractivity contribution in [3.8, 4) is 0 Å². The van der Waals surface area contributed by atoms with E-state index in [1.807, 2.05) is 11.0 Å². The minimum Gasteiger partial charge on any atom is -0.337 e. The molecule has 2 heterocycles. The zero-order valence-electron chi connectivity index (χ0n) is 13.0. The van der Waals surface area contributed by atoms with Crippen molar-refractivity contribution in [3.05, 3.63) is 64.9 Å². The van der Waals surface area contributed by atoms with Gasteiger partial charge >= 0.3 is 0 Å². The van der Waals surface area contributed by atoms with Crippen molar-refractivity contribution in [1.29, 1.82) is 0 Å². The standard InChI is InChI=1S/C18H20ClN3O/c19-17-13-16(7-8-20-17)18(23)22-10-4-9-21(11-12-22)14-15-5-2-1-3-6-15/h1-3,5-8,13H,4,9-12,14H2. The van der Waals surface area contributed by atoms with Gasteiger partial charge in [-0.15, -0.1) is 0 Å². The predicted molar refractivity (Wildman–Crippen MR) is 91.5 cm³/mol. The summed E-state index contributed by atoms with van der Waals surface area (Å²) in [6.07, 6.45) is 2.56. The maximum Gasteiger partial charge on any atom is 0.254 e. The molecule has 0 unspecified atom stereocenters. The quantitative estimate of drug-likeness (QED) is 0.812. The zero-order chi connectivity index (χ0) is 16.1. The molecule has 1 aromatic heterocycles. The summed E-state index contributed by atoms with van der Waals surface area (Å²) in [5.74, 6) is 0.0378. The maximum absolute atomic E-state index is 12.6. The highest BCUT2D eigenvalue weighted by molar-refractivity contribution is 6.29. The Morgan fingerprint density at radius 2 is 1.91 bits per heavy atom. The molecule has 0 atom stereocenters. The summed E-state index contributed by atoms with van der Waals surface area (Å²) in [7, 11) is 0. The van der Waals surface area contributed by atoms with E-state index in [9.17, 15) is 4.79 Å². The van der Waals surface area contributed by atoms with Gasteiger partial charge in [0.2, 0.25) is 0 Å². The SMILES string of the molecule is O=C(c1ccnc(Cl)c1)N1CCCN(Cc2ccccc2)CC1. The van der Waals surface area contributed by atoms with Crippen molar-refractivity contribution < 1.29 is 4.79 Å². The van der Waals surface area contributed by atoms with Gasteiger partial charge in [-0.3, -0.25) is 9.69 Å². The molecular weight excluding hydrogens is 310 g/mol. The number of nitrogens with zero attached hydrogens (tertiary/aromatic N) is 3. The van der Waals surface area contributed by atoms with Crippen molar-refractivity contribution in [2.75, 3.05) is 26.2 Å². The number of carbonyl (C=O) groups excluding carboxylic acids is 1. The Hall–Kier alpha value is -1.91. The highest BCUT2D eigenvalue weighted by atomic mass is 35.5. The van der Waals surface area contributed by atoms with E-state index < -0.39 is 0 Å². The monoisotopic (exact) mass is 329 g/mol. The molecule has 0 radical (unpaired) electrons. The number of aromatic nitrogens is 1. The first-order chi connectivity index (χ1) is 11.2. The van der Waals surface area contributed by atoms with Gasteiger partial charge < -0.3 is 4.90 Å². The summed E-state index contributed by atoms with van der Waals surface area (Å²) in [6, 6.07) is 13.8. The lowest BCUT2D eigenvalue weighted by molar-refractivity contribution is 0.0761. The fourth-order valence-electron chi connectivity index (χ4n) is 2.89. The van der Waals surface area contributed by atoms with E-state index in [1.165, 1.54) is 5.56 Å². The molecule has 0 N–H and O–H groups in total. The minimum absolute atomic E-state index is 0.0378. The molecule has 0 aliphatic carbocycles. The zero-order valence-corrected chi connectivity index (χ0v) is 13.7. The van der Waals surface area contributed by atoms with Gasteiger partial charge in [-0.25, -0.2) is 4.98 Å². The molecule has 0 saturated carbocycles. The summed E-state index contributed by atoms with van der Waals surface area (Å²) in [5, 5.41) is 0.358. The molecule has 1 aliphatic heterocycles. The van der Waals surface area contributed by atoms with Gasteiger partial charge in [0.05, 0.1) is 0 Å². The molecule has 0 bridgehead atoms. The fourth-order valence-corrected chi connectivity index (χ4v) is 3.07. The smallest absolute Gasteiger partial charge is 0.254 e. The molecule has 2 aromatic rings. The van der Waals surface area contributed by atoms with Gasteiger partial charge in [-0.1, -0.05) is 41.9 Å². The van der Waals surface area contributed by atoms with Crippen LogP contribution in [0.5, 0.6) is 0 Å². The molecule has 5 heteroatoms. The summed E-state index contributed by atoms with van der Waals surface area (Å²) in [6.45, 7) is 4.36. The fraction of sp³-hybridized carbons (Fsp3) is 0.333. The van der Waals surface area contributed by atoms with Crippen LogP contribution in [-0.4, -0.2) is 46.9 Å². The normalized spacial score (nSPS) is 16.1. The summed E-state index contributed by atoms with van der Waals surface area (Å²) >= 11 is 5.88. The molecule has 1 fully saturated rings. The summed E-state index contributed by atoms with van der Waals surface area (Å²) in [5.41, 5.74) is 1.93. The third-order valence-electron chi connectivity index (χ3n) is 4.10. The van der Waals surface area contributed by atoms with Crippen molar-refractivity contribution in [1.82, 2.24) is 14.8 Å².